The molecule has 0 fully saturated rings. The summed E-state index contributed by atoms with van der Waals surface area (Å²) in [6.07, 6.45) is -2.83. The van der Waals surface area contributed by atoms with Crippen LogP contribution in [0.4, 0.5) is 13.2 Å². The van der Waals surface area contributed by atoms with Gasteiger partial charge in [0.2, 0.25) is 0 Å². The molecule has 0 nitrogen and oxygen atoms in total. The molecule has 0 aliphatic carbocycles. The number of benzene rings is 2. The molecule has 0 atom stereocenters. The van der Waals surface area contributed by atoms with Gasteiger partial charge < -0.3 is 0 Å². The maximum absolute atomic E-state index is 13.9. The molecule has 6 heteroatoms. The summed E-state index contributed by atoms with van der Waals surface area (Å²) in [5.74, 6) is -0.807. The van der Waals surface area contributed by atoms with Crippen molar-refractivity contribution in [1.82, 2.24) is 0 Å². The molecule has 0 saturated carbocycles. The van der Waals surface area contributed by atoms with E-state index < -0.39 is 17.8 Å². The largest absolute Gasteiger partial charge is 0.265 e. The van der Waals surface area contributed by atoms with E-state index >= 15 is 0 Å². The van der Waals surface area contributed by atoms with Crippen LogP contribution in [0.15, 0.2) is 30.3 Å². The second kappa shape index (κ2) is 5.61. The lowest BCUT2D eigenvalue weighted by Gasteiger charge is -2.09. The predicted octanol–water partition coefficient (Wildman–Crippen LogP) is 6.39. The first-order valence-corrected chi connectivity index (χ1v) is 6.25. The van der Waals surface area contributed by atoms with Crippen molar-refractivity contribution in [3.05, 3.63) is 56.8 Å². The zero-order valence-electron chi connectivity index (χ0n) is 9.23. The highest BCUT2D eigenvalue weighted by molar-refractivity contribution is 6.35. The maximum atomic E-state index is 13.9. The van der Waals surface area contributed by atoms with E-state index in [0.29, 0.717) is 15.6 Å². The second-order valence-corrected chi connectivity index (χ2v) is 5.09. The highest BCUT2D eigenvalue weighted by atomic mass is 35.5. The smallest absolute Gasteiger partial charge is 0.206 e. The van der Waals surface area contributed by atoms with Crippen molar-refractivity contribution in [1.29, 1.82) is 0 Å². The van der Waals surface area contributed by atoms with Crippen LogP contribution >= 0.6 is 34.8 Å². The highest BCUT2D eigenvalue weighted by Gasteiger charge is 2.17. The van der Waals surface area contributed by atoms with Gasteiger partial charge in [-0.1, -0.05) is 34.8 Å². The molecule has 2 aromatic rings. The van der Waals surface area contributed by atoms with Gasteiger partial charge >= 0.3 is 0 Å². The van der Waals surface area contributed by atoms with Gasteiger partial charge in [-0.15, -0.1) is 0 Å². The number of alkyl halides is 2. The van der Waals surface area contributed by atoms with Gasteiger partial charge in [0.15, 0.2) is 0 Å². The Hall–Kier alpha value is -0.900. The molecule has 0 amide bonds. The van der Waals surface area contributed by atoms with E-state index in [0.717, 1.165) is 12.1 Å². The van der Waals surface area contributed by atoms with Crippen molar-refractivity contribution >= 4 is 34.8 Å². The molecule has 0 aromatic heterocycles. The van der Waals surface area contributed by atoms with Crippen LogP contribution in [0.5, 0.6) is 0 Å². The number of rotatable bonds is 2. The first-order chi connectivity index (χ1) is 8.88. The molecule has 0 bridgehead atoms. The average Bonchev–Trinajstić information content (AvgIpc) is 2.30. The molecule has 2 aromatic carbocycles. The SMILES string of the molecule is Fc1cc(C(F)F)c(Cl)cc1-c1cc(Cl)cc(Cl)c1. The normalized spacial score (nSPS) is 11.1. The van der Waals surface area contributed by atoms with Crippen LogP contribution in [0.2, 0.25) is 15.1 Å². The summed E-state index contributed by atoms with van der Waals surface area (Å²) in [6.45, 7) is 0. The van der Waals surface area contributed by atoms with E-state index in [1.165, 1.54) is 18.2 Å². The molecule has 19 heavy (non-hydrogen) atoms. The number of hydrogen-bond acceptors (Lipinski definition) is 0. The topological polar surface area (TPSA) is 0 Å². The third kappa shape index (κ3) is 3.16. The molecule has 0 heterocycles. The fourth-order valence-corrected chi connectivity index (χ4v) is 2.43. The fraction of sp³-hybridized carbons (Fsp3) is 0.0769. The van der Waals surface area contributed by atoms with E-state index in [1.54, 1.807) is 0 Å². The molecule has 0 radical (unpaired) electrons. The Labute approximate surface area is 122 Å². The minimum Gasteiger partial charge on any atom is -0.206 e. The van der Waals surface area contributed by atoms with Crippen molar-refractivity contribution in [2.75, 3.05) is 0 Å². The van der Waals surface area contributed by atoms with Crippen LogP contribution in [0, 0.1) is 5.82 Å². The van der Waals surface area contributed by atoms with Gasteiger partial charge in [-0.05, 0) is 35.9 Å². The Morgan fingerprint density at radius 3 is 1.95 bits per heavy atom. The summed E-state index contributed by atoms with van der Waals surface area (Å²) in [6, 6.07) is 6.30. The van der Waals surface area contributed by atoms with Gasteiger partial charge in [-0.3, -0.25) is 0 Å². The average molecular weight is 326 g/mol. The van der Waals surface area contributed by atoms with E-state index in [4.69, 9.17) is 34.8 Å². The monoisotopic (exact) mass is 324 g/mol. The quantitative estimate of drug-likeness (QED) is 0.600. The van der Waals surface area contributed by atoms with E-state index in [-0.39, 0.29) is 10.6 Å². The first kappa shape index (κ1) is 14.5. The molecule has 0 aliphatic rings. The van der Waals surface area contributed by atoms with Gasteiger partial charge in [-0.25, -0.2) is 13.2 Å². The number of hydrogen-bond donors (Lipinski definition) is 0. The Kier molecular flexibility index (Phi) is 4.29. The van der Waals surface area contributed by atoms with Crippen molar-refractivity contribution in [3.8, 4) is 11.1 Å². The summed E-state index contributed by atoms with van der Waals surface area (Å²) >= 11 is 17.3. The fourth-order valence-electron chi connectivity index (χ4n) is 1.66. The first-order valence-electron chi connectivity index (χ1n) is 5.12. The third-order valence-corrected chi connectivity index (χ3v) is 3.26. The van der Waals surface area contributed by atoms with Crippen LogP contribution in [-0.2, 0) is 0 Å². The molecule has 0 saturated heterocycles. The second-order valence-electron chi connectivity index (χ2n) is 3.81. The van der Waals surface area contributed by atoms with Crippen LogP contribution in [0.25, 0.3) is 11.1 Å². The molecule has 2 rings (SSSR count). The minimum atomic E-state index is -2.83. The van der Waals surface area contributed by atoms with Gasteiger partial charge in [0.25, 0.3) is 6.43 Å². The van der Waals surface area contributed by atoms with E-state index in [2.05, 4.69) is 0 Å². The van der Waals surface area contributed by atoms with Gasteiger partial charge in [-0.2, -0.15) is 0 Å². The Morgan fingerprint density at radius 1 is 0.842 bits per heavy atom. The summed E-state index contributed by atoms with van der Waals surface area (Å²) in [4.78, 5) is 0. The van der Waals surface area contributed by atoms with E-state index in [9.17, 15) is 13.2 Å². The molecular formula is C13H6Cl3F3. The van der Waals surface area contributed by atoms with Crippen LogP contribution in [0.1, 0.15) is 12.0 Å². The molecule has 0 unspecified atom stereocenters. The summed E-state index contributed by atoms with van der Waals surface area (Å²) in [5.41, 5.74) is -0.104. The lowest BCUT2D eigenvalue weighted by atomic mass is 10.0. The summed E-state index contributed by atoms with van der Waals surface area (Å²) in [5, 5.41) is 0.425. The zero-order chi connectivity index (χ0) is 14.2. The van der Waals surface area contributed by atoms with Crippen molar-refractivity contribution in [3.63, 3.8) is 0 Å². The highest BCUT2D eigenvalue weighted by Crippen LogP contribution is 2.35. The Bertz CT molecular complexity index is 607. The predicted molar refractivity (Wildman–Crippen MR) is 71.8 cm³/mol. The lowest BCUT2D eigenvalue weighted by Crippen LogP contribution is -1.92. The lowest BCUT2D eigenvalue weighted by molar-refractivity contribution is 0.151. The van der Waals surface area contributed by atoms with Crippen LogP contribution < -0.4 is 0 Å². The van der Waals surface area contributed by atoms with E-state index in [1.807, 2.05) is 0 Å². The molecular weight excluding hydrogens is 319 g/mol. The molecule has 0 aliphatic heterocycles. The standard InChI is InChI=1S/C13H6Cl3F3/c14-7-1-6(2-8(15)3-7)9-4-11(16)10(13(18)19)5-12(9)17/h1-5,13H. The minimum absolute atomic E-state index is 0.0683. The van der Waals surface area contributed by atoms with Crippen molar-refractivity contribution < 1.29 is 13.2 Å². The van der Waals surface area contributed by atoms with Crippen molar-refractivity contribution in [2.24, 2.45) is 0 Å². The molecule has 0 spiro atoms. The summed E-state index contributed by atoms with van der Waals surface area (Å²) < 4.78 is 39.0. The molecule has 0 N–H and O–H groups in total. The van der Waals surface area contributed by atoms with Gasteiger partial charge in [0.05, 0.1) is 5.02 Å². The number of halogens is 6. The summed E-state index contributed by atoms with van der Waals surface area (Å²) in [7, 11) is 0. The van der Waals surface area contributed by atoms with Gasteiger partial charge in [0.1, 0.15) is 5.82 Å². The Balaban J connectivity index is 2.60. The zero-order valence-corrected chi connectivity index (χ0v) is 11.5. The van der Waals surface area contributed by atoms with Crippen LogP contribution in [0.3, 0.4) is 0 Å². The molecule has 100 valence electrons. The Morgan fingerprint density at radius 2 is 1.42 bits per heavy atom. The van der Waals surface area contributed by atoms with Gasteiger partial charge in [0, 0.05) is 21.2 Å². The third-order valence-electron chi connectivity index (χ3n) is 2.50. The maximum Gasteiger partial charge on any atom is 0.265 e. The van der Waals surface area contributed by atoms with Crippen LogP contribution in [-0.4, -0.2) is 0 Å². The van der Waals surface area contributed by atoms with Crippen molar-refractivity contribution in [2.45, 2.75) is 6.43 Å².